The molecule has 0 aliphatic rings. The van der Waals surface area contributed by atoms with Gasteiger partial charge in [0.15, 0.2) is 0 Å². The minimum absolute atomic E-state index is 0. The average Bonchev–Trinajstić information content (AvgIpc) is 2.14. The molecule has 0 saturated heterocycles. The van der Waals surface area contributed by atoms with Crippen LogP contribution in [0.25, 0.3) is 0 Å². The van der Waals surface area contributed by atoms with Crippen LogP contribution in [-0.2, 0) is 0 Å². The Morgan fingerprint density at radius 3 is 2.31 bits per heavy atom. The molecule has 2 N–H and O–H groups in total. The van der Waals surface area contributed by atoms with Crippen molar-refractivity contribution in [2.45, 2.75) is 32.0 Å². The summed E-state index contributed by atoms with van der Waals surface area (Å²) in [4.78, 5) is 0. The van der Waals surface area contributed by atoms with Crippen LogP contribution in [0.15, 0.2) is 24.3 Å². The molecule has 1 aromatic carbocycles. The van der Waals surface area contributed by atoms with Crippen LogP contribution in [0.2, 0.25) is 0 Å². The molecule has 0 heterocycles. The van der Waals surface area contributed by atoms with Gasteiger partial charge in [-0.1, -0.05) is 24.3 Å². The maximum Gasteiger partial charge on any atom is 0.389 e. The van der Waals surface area contributed by atoms with Crippen molar-refractivity contribution >= 4 is 12.4 Å². The van der Waals surface area contributed by atoms with Gasteiger partial charge in [-0.3, -0.25) is 0 Å². The Balaban J connectivity index is 0.00000225. The summed E-state index contributed by atoms with van der Waals surface area (Å²) in [6, 6.07) is 6.72. The van der Waals surface area contributed by atoms with Gasteiger partial charge in [0.1, 0.15) is 0 Å². The van der Waals surface area contributed by atoms with E-state index in [-0.39, 0.29) is 18.8 Å². The largest absolute Gasteiger partial charge is 0.389 e. The maximum absolute atomic E-state index is 12.0. The third-order valence-corrected chi connectivity index (χ3v) is 2.33. The molecule has 0 radical (unpaired) electrons. The summed E-state index contributed by atoms with van der Waals surface area (Å²) in [5, 5.41) is 0. The monoisotopic (exact) mass is 253 g/mol. The van der Waals surface area contributed by atoms with E-state index in [0.717, 1.165) is 11.1 Å². The van der Waals surface area contributed by atoms with Gasteiger partial charge < -0.3 is 5.73 Å². The molecule has 1 nitrogen and oxygen atoms in total. The lowest BCUT2D eigenvalue weighted by atomic mass is 9.98. The number of hydrogen-bond donors (Lipinski definition) is 1. The summed E-state index contributed by atoms with van der Waals surface area (Å²) in [7, 11) is 0. The van der Waals surface area contributed by atoms with Crippen LogP contribution in [0.3, 0.4) is 0 Å². The lowest BCUT2D eigenvalue weighted by Crippen LogP contribution is -2.16. The van der Waals surface area contributed by atoms with Crippen LogP contribution >= 0.6 is 12.4 Å². The van der Waals surface area contributed by atoms with Gasteiger partial charge in [-0.2, -0.15) is 13.2 Å². The Morgan fingerprint density at radius 2 is 1.81 bits per heavy atom. The van der Waals surface area contributed by atoms with Crippen molar-refractivity contribution in [2.75, 3.05) is 0 Å². The van der Waals surface area contributed by atoms with E-state index in [1.54, 1.807) is 12.1 Å². The van der Waals surface area contributed by atoms with E-state index in [2.05, 4.69) is 0 Å². The molecule has 0 amide bonds. The van der Waals surface area contributed by atoms with Crippen molar-refractivity contribution in [1.82, 2.24) is 0 Å². The molecule has 92 valence electrons. The summed E-state index contributed by atoms with van der Waals surface area (Å²) >= 11 is 0. The van der Waals surface area contributed by atoms with E-state index in [1.807, 2.05) is 19.1 Å². The molecule has 1 atom stereocenters. The Bertz CT molecular complexity index is 325. The van der Waals surface area contributed by atoms with Crippen LogP contribution in [0.1, 0.15) is 30.0 Å². The first-order valence-corrected chi connectivity index (χ1v) is 4.78. The summed E-state index contributed by atoms with van der Waals surface area (Å²) in [5.41, 5.74) is 7.43. The molecule has 0 aliphatic carbocycles. The number of halogens is 4. The third-order valence-electron chi connectivity index (χ3n) is 2.33. The number of hydrogen-bond acceptors (Lipinski definition) is 1. The average molecular weight is 254 g/mol. The first-order valence-electron chi connectivity index (χ1n) is 4.78. The third kappa shape index (κ3) is 4.86. The van der Waals surface area contributed by atoms with Gasteiger partial charge in [0.2, 0.25) is 0 Å². The summed E-state index contributed by atoms with van der Waals surface area (Å²) in [6.45, 7) is 1.85. The van der Waals surface area contributed by atoms with Crippen LogP contribution in [-0.4, -0.2) is 6.18 Å². The van der Waals surface area contributed by atoms with Crippen molar-refractivity contribution in [3.63, 3.8) is 0 Å². The molecule has 0 unspecified atom stereocenters. The standard InChI is InChI=1S/C11H14F3N.ClH/c1-8-4-2-3-5-9(8)10(15)6-7-11(12,13)14;/h2-5,10H,6-7,15H2,1H3;1H/t10-;/m1./s1. The van der Waals surface area contributed by atoms with E-state index in [1.165, 1.54) is 0 Å². The normalized spacial score (nSPS) is 13.1. The molecule has 1 rings (SSSR count). The van der Waals surface area contributed by atoms with E-state index in [9.17, 15) is 13.2 Å². The maximum atomic E-state index is 12.0. The predicted molar refractivity (Wildman–Crippen MR) is 60.6 cm³/mol. The van der Waals surface area contributed by atoms with Crippen LogP contribution in [0, 0.1) is 6.92 Å². The zero-order valence-electron chi connectivity index (χ0n) is 8.92. The second-order valence-corrected chi connectivity index (χ2v) is 3.62. The second kappa shape index (κ2) is 6.11. The topological polar surface area (TPSA) is 26.0 Å². The fourth-order valence-corrected chi connectivity index (χ4v) is 1.48. The smallest absolute Gasteiger partial charge is 0.324 e. The van der Waals surface area contributed by atoms with Gasteiger partial charge in [-0.25, -0.2) is 0 Å². The molecular formula is C11H15ClF3N. The molecule has 0 spiro atoms. The first kappa shape index (κ1) is 15.3. The summed E-state index contributed by atoms with van der Waals surface area (Å²) in [6.07, 6.45) is -5.02. The number of aryl methyl sites for hydroxylation is 1. The first-order chi connectivity index (χ1) is 6.90. The molecule has 0 bridgehead atoms. The number of nitrogens with two attached hydrogens (primary N) is 1. The Labute approximate surface area is 99.2 Å². The fourth-order valence-electron chi connectivity index (χ4n) is 1.48. The molecule has 0 fully saturated rings. The van der Waals surface area contributed by atoms with E-state index < -0.39 is 18.6 Å². The zero-order chi connectivity index (χ0) is 11.5. The van der Waals surface area contributed by atoms with Gasteiger partial charge in [0.25, 0.3) is 0 Å². The van der Waals surface area contributed by atoms with Crippen LogP contribution < -0.4 is 5.73 Å². The van der Waals surface area contributed by atoms with E-state index >= 15 is 0 Å². The highest BCUT2D eigenvalue weighted by molar-refractivity contribution is 5.85. The molecule has 0 aliphatic heterocycles. The molecule has 16 heavy (non-hydrogen) atoms. The number of alkyl halides is 3. The lowest BCUT2D eigenvalue weighted by molar-refractivity contribution is -0.136. The highest BCUT2D eigenvalue weighted by atomic mass is 35.5. The zero-order valence-corrected chi connectivity index (χ0v) is 9.74. The highest BCUT2D eigenvalue weighted by Gasteiger charge is 2.27. The SMILES string of the molecule is Cc1ccccc1[C@H](N)CCC(F)(F)F.Cl. The Morgan fingerprint density at radius 1 is 1.25 bits per heavy atom. The molecule has 0 saturated carbocycles. The van der Waals surface area contributed by atoms with Crippen LogP contribution in [0.4, 0.5) is 13.2 Å². The molecule has 1 aromatic rings. The molecule has 5 heteroatoms. The van der Waals surface area contributed by atoms with Crippen molar-refractivity contribution < 1.29 is 13.2 Å². The number of benzene rings is 1. The quantitative estimate of drug-likeness (QED) is 0.872. The van der Waals surface area contributed by atoms with Crippen molar-refractivity contribution in [3.8, 4) is 0 Å². The summed E-state index contributed by atoms with van der Waals surface area (Å²) in [5.74, 6) is 0. The number of rotatable bonds is 3. The predicted octanol–water partition coefficient (Wildman–Crippen LogP) is 3.76. The Hall–Kier alpha value is -0.740. The van der Waals surface area contributed by atoms with E-state index in [0.29, 0.717) is 0 Å². The Kier molecular flexibility index (Phi) is 5.83. The fraction of sp³-hybridized carbons (Fsp3) is 0.455. The molecular weight excluding hydrogens is 239 g/mol. The minimum Gasteiger partial charge on any atom is -0.324 e. The van der Waals surface area contributed by atoms with Gasteiger partial charge in [-0.15, -0.1) is 12.4 Å². The highest BCUT2D eigenvalue weighted by Crippen LogP contribution is 2.27. The van der Waals surface area contributed by atoms with Gasteiger partial charge in [0, 0.05) is 12.5 Å². The van der Waals surface area contributed by atoms with Crippen molar-refractivity contribution in [2.24, 2.45) is 5.73 Å². The lowest BCUT2D eigenvalue weighted by Gasteiger charge is -2.15. The van der Waals surface area contributed by atoms with Gasteiger partial charge in [0.05, 0.1) is 0 Å². The van der Waals surface area contributed by atoms with Gasteiger partial charge >= 0.3 is 6.18 Å². The van der Waals surface area contributed by atoms with Crippen LogP contribution in [0.5, 0.6) is 0 Å². The summed E-state index contributed by atoms with van der Waals surface area (Å²) < 4.78 is 35.9. The van der Waals surface area contributed by atoms with Crippen molar-refractivity contribution in [1.29, 1.82) is 0 Å². The van der Waals surface area contributed by atoms with E-state index in [4.69, 9.17) is 5.73 Å². The van der Waals surface area contributed by atoms with Crippen molar-refractivity contribution in [3.05, 3.63) is 35.4 Å². The minimum atomic E-state index is -4.12. The van der Waals surface area contributed by atoms with Gasteiger partial charge in [-0.05, 0) is 24.5 Å². The molecule has 0 aromatic heterocycles. The second-order valence-electron chi connectivity index (χ2n) is 3.62.